The van der Waals surface area contributed by atoms with Gasteiger partial charge in [-0.15, -0.1) is 10.2 Å². The predicted octanol–water partition coefficient (Wildman–Crippen LogP) is 1.31. The molecule has 3 heterocycles. The lowest BCUT2D eigenvalue weighted by Gasteiger charge is -2.13. The third-order valence-corrected chi connectivity index (χ3v) is 4.43. The molecular weight excluding hydrogens is 365 g/mol. The minimum atomic E-state index is -0.288. The molecule has 2 aromatic heterocycles. The Hall–Kier alpha value is -3.27. The highest BCUT2D eigenvalue weighted by Crippen LogP contribution is 2.30. The quantitative estimate of drug-likeness (QED) is 0.660. The minimum absolute atomic E-state index is 0.181. The first-order valence-corrected chi connectivity index (χ1v) is 8.83. The summed E-state index contributed by atoms with van der Waals surface area (Å²) in [5, 5.41) is 13.9. The number of hydrogen-bond donors (Lipinski definition) is 2. The molecule has 1 aliphatic rings. The lowest BCUT2D eigenvalue weighted by atomic mass is 10.0. The van der Waals surface area contributed by atoms with E-state index >= 15 is 0 Å². The van der Waals surface area contributed by atoms with Gasteiger partial charge in [-0.25, -0.2) is 13.8 Å². The van der Waals surface area contributed by atoms with E-state index in [0.29, 0.717) is 35.9 Å². The molecule has 2 N–H and O–H groups in total. The molecule has 1 amide bonds. The second-order valence-corrected chi connectivity index (χ2v) is 6.76. The van der Waals surface area contributed by atoms with Crippen molar-refractivity contribution in [3.05, 3.63) is 41.6 Å². The van der Waals surface area contributed by atoms with Crippen LogP contribution >= 0.6 is 0 Å². The van der Waals surface area contributed by atoms with Crippen LogP contribution < -0.4 is 15.4 Å². The van der Waals surface area contributed by atoms with Crippen molar-refractivity contribution >= 4 is 23.2 Å². The van der Waals surface area contributed by atoms with Crippen molar-refractivity contribution in [1.29, 1.82) is 0 Å². The van der Waals surface area contributed by atoms with Crippen LogP contribution in [0.2, 0.25) is 0 Å². The third-order valence-electron chi connectivity index (χ3n) is 4.43. The van der Waals surface area contributed by atoms with Gasteiger partial charge in [0.05, 0.1) is 19.3 Å². The molecule has 146 valence electrons. The number of nitrogens with zero attached hydrogens (tertiary/aromatic N) is 5. The van der Waals surface area contributed by atoms with Crippen molar-refractivity contribution in [1.82, 2.24) is 24.5 Å². The Bertz CT molecular complexity index is 1030. The fraction of sp³-hybridized carbons (Fsp3) is 0.333. The highest BCUT2D eigenvalue weighted by atomic mass is 19.1. The van der Waals surface area contributed by atoms with Crippen molar-refractivity contribution in [2.24, 2.45) is 0 Å². The Morgan fingerprint density at radius 1 is 1.39 bits per heavy atom. The number of carbonyl (C=O) groups excluding carboxylic acids is 1. The van der Waals surface area contributed by atoms with Gasteiger partial charge in [-0.05, 0) is 26.2 Å². The number of halogens is 1. The fourth-order valence-electron chi connectivity index (χ4n) is 3.19. The zero-order valence-corrected chi connectivity index (χ0v) is 15.6. The molecule has 0 saturated carbocycles. The molecule has 1 aromatic carbocycles. The fourth-order valence-corrected chi connectivity index (χ4v) is 3.19. The van der Waals surface area contributed by atoms with Crippen LogP contribution in [0.1, 0.15) is 11.1 Å². The third kappa shape index (κ3) is 3.46. The van der Waals surface area contributed by atoms with Crippen LogP contribution in [0.3, 0.4) is 0 Å². The number of benzene rings is 1. The maximum atomic E-state index is 14.3. The topological polar surface area (TPSA) is 96.7 Å². The predicted molar refractivity (Wildman–Crippen MR) is 101 cm³/mol. The lowest BCUT2D eigenvalue weighted by molar-refractivity contribution is -0.116. The molecule has 10 heteroatoms. The average Bonchev–Trinajstić information content (AvgIpc) is 3.30. The summed E-state index contributed by atoms with van der Waals surface area (Å²) in [5.41, 5.74) is 2.34. The molecular formula is C18H20FN7O2. The van der Waals surface area contributed by atoms with Crippen LogP contribution in [0, 0.1) is 5.82 Å². The number of anilines is 2. The Balaban J connectivity index is 1.56. The number of hydrogen-bond acceptors (Lipinski definition) is 7. The monoisotopic (exact) mass is 385 g/mol. The van der Waals surface area contributed by atoms with Crippen LogP contribution in [-0.2, 0) is 17.8 Å². The van der Waals surface area contributed by atoms with Crippen LogP contribution in [0.15, 0.2) is 24.7 Å². The normalized spacial score (nSPS) is 12.9. The highest BCUT2D eigenvalue weighted by molar-refractivity contribution is 5.95. The minimum Gasteiger partial charge on any atom is -0.493 e. The van der Waals surface area contributed by atoms with E-state index in [1.807, 2.05) is 14.1 Å². The zero-order valence-electron chi connectivity index (χ0n) is 15.6. The molecule has 1 aliphatic heterocycles. The second kappa shape index (κ2) is 7.39. The Morgan fingerprint density at radius 2 is 2.25 bits per heavy atom. The van der Waals surface area contributed by atoms with Gasteiger partial charge in [-0.2, -0.15) is 0 Å². The summed E-state index contributed by atoms with van der Waals surface area (Å²) >= 11 is 0. The first-order valence-electron chi connectivity index (χ1n) is 8.83. The van der Waals surface area contributed by atoms with E-state index in [1.54, 1.807) is 15.4 Å². The van der Waals surface area contributed by atoms with E-state index in [-0.39, 0.29) is 24.8 Å². The van der Waals surface area contributed by atoms with Crippen LogP contribution in [0.4, 0.5) is 16.0 Å². The van der Waals surface area contributed by atoms with Crippen molar-refractivity contribution in [3.63, 3.8) is 0 Å². The summed E-state index contributed by atoms with van der Waals surface area (Å²) in [5.74, 6) is 0.699. The maximum Gasteiger partial charge on any atom is 0.238 e. The van der Waals surface area contributed by atoms with E-state index in [4.69, 9.17) is 4.74 Å². The van der Waals surface area contributed by atoms with Crippen LogP contribution in [0.25, 0.3) is 5.65 Å². The average molecular weight is 385 g/mol. The molecule has 0 radical (unpaired) electrons. The largest absolute Gasteiger partial charge is 0.493 e. The van der Waals surface area contributed by atoms with Gasteiger partial charge in [0.2, 0.25) is 11.9 Å². The number of rotatable bonds is 6. The molecule has 0 spiro atoms. The maximum absolute atomic E-state index is 14.3. The summed E-state index contributed by atoms with van der Waals surface area (Å²) in [6.45, 7) is 1.03. The Labute approximate surface area is 160 Å². The van der Waals surface area contributed by atoms with Gasteiger partial charge in [0.15, 0.2) is 5.65 Å². The Kier molecular flexibility index (Phi) is 4.78. The summed E-state index contributed by atoms with van der Waals surface area (Å²) in [6.07, 6.45) is 3.67. The van der Waals surface area contributed by atoms with Crippen LogP contribution in [-0.4, -0.2) is 57.6 Å². The van der Waals surface area contributed by atoms with Gasteiger partial charge < -0.3 is 20.3 Å². The van der Waals surface area contributed by atoms with Crippen LogP contribution in [0.5, 0.6) is 5.75 Å². The number of amides is 1. The molecule has 0 unspecified atom stereocenters. The number of aromatic nitrogens is 4. The summed E-state index contributed by atoms with van der Waals surface area (Å²) < 4.78 is 21.4. The summed E-state index contributed by atoms with van der Waals surface area (Å²) in [6, 6.07) is 3.06. The van der Waals surface area contributed by atoms with Gasteiger partial charge >= 0.3 is 0 Å². The number of nitrogens with one attached hydrogen (secondary N) is 2. The van der Waals surface area contributed by atoms with Crippen molar-refractivity contribution in [2.75, 3.05) is 37.9 Å². The zero-order chi connectivity index (χ0) is 19.7. The number of likely N-dealkylation sites (N-methyl/N-ethyl adjacent to an activating group) is 1. The molecule has 0 atom stereocenters. The standard InChI is InChI=1S/C18H20FN7O2/c1-25(2)9-16(27)23-14-8-21-18(26-10-22-24-17(14)26)20-7-12-11-5-6-28-15(11)4-3-13(12)19/h3-4,8,10H,5-7,9H2,1-2H3,(H,20,21)(H,23,27). The Morgan fingerprint density at radius 3 is 3.07 bits per heavy atom. The molecule has 4 rings (SSSR count). The highest BCUT2D eigenvalue weighted by Gasteiger charge is 2.20. The number of carbonyl (C=O) groups is 1. The van der Waals surface area contributed by atoms with Gasteiger partial charge in [0.1, 0.15) is 23.6 Å². The molecule has 3 aromatic rings. The van der Waals surface area contributed by atoms with Crippen molar-refractivity contribution in [3.8, 4) is 5.75 Å². The van der Waals surface area contributed by atoms with E-state index in [2.05, 4.69) is 25.8 Å². The van der Waals surface area contributed by atoms with Gasteiger partial charge in [0, 0.05) is 24.1 Å². The summed E-state index contributed by atoms with van der Waals surface area (Å²) in [7, 11) is 3.62. The van der Waals surface area contributed by atoms with E-state index in [9.17, 15) is 9.18 Å². The molecule has 9 nitrogen and oxygen atoms in total. The smallest absolute Gasteiger partial charge is 0.238 e. The molecule has 0 saturated heterocycles. The number of fused-ring (bicyclic) bond motifs is 2. The lowest BCUT2D eigenvalue weighted by Crippen LogP contribution is -2.27. The van der Waals surface area contributed by atoms with Gasteiger partial charge in [0.25, 0.3) is 0 Å². The first kappa shape index (κ1) is 18.1. The van der Waals surface area contributed by atoms with Crippen molar-refractivity contribution in [2.45, 2.75) is 13.0 Å². The molecule has 0 bridgehead atoms. The number of ether oxygens (including phenoxy) is 1. The molecule has 0 aliphatic carbocycles. The first-order chi connectivity index (χ1) is 13.5. The van der Waals surface area contributed by atoms with Gasteiger partial charge in [-0.1, -0.05) is 0 Å². The SMILES string of the molecule is CN(C)CC(=O)Nc1cnc(NCc2c(F)ccc3c2CCO3)n2cnnc12. The van der Waals surface area contributed by atoms with Crippen molar-refractivity contribution < 1.29 is 13.9 Å². The van der Waals surface area contributed by atoms with E-state index in [0.717, 1.165) is 11.3 Å². The summed E-state index contributed by atoms with van der Waals surface area (Å²) in [4.78, 5) is 18.1. The van der Waals surface area contributed by atoms with E-state index in [1.165, 1.54) is 18.6 Å². The second-order valence-electron chi connectivity index (χ2n) is 6.76. The molecule has 0 fully saturated rings. The van der Waals surface area contributed by atoms with E-state index < -0.39 is 0 Å². The van der Waals surface area contributed by atoms with Gasteiger partial charge in [-0.3, -0.25) is 4.79 Å². The molecule has 28 heavy (non-hydrogen) atoms.